The minimum atomic E-state index is -0.769. The molecule has 2 aliphatic carbocycles. The topological polar surface area (TPSA) is 110 Å². The first-order chi connectivity index (χ1) is 18.0. The number of rotatable bonds is 7. The van der Waals surface area contributed by atoms with Crippen LogP contribution in [-0.4, -0.2) is 65.2 Å². The standard InChI is InChI=1S/C27H28Cl2N6O3/c1-14(36)24-19-6-16(17-10-30-15(2)31-11-17)4-5-20(19)34(33-24)13-23(37)35-21(8-26(3)9-22(26)35)25(38)32-12-18-7-27(18,28)29/h4-6,10-11,18,21-22H,7-9,12-13H2,1-3H3,(H,32,38)/t18?,21-,22+,26-/m0/s1. The maximum absolute atomic E-state index is 13.6. The van der Waals surface area contributed by atoms with Gasteiger partial charge in [0.25, 0.3) is 0 Å². The minimum Gasteiger partial charge on any atom is -0.354 e. The van der Waals surface area contributed by atoms with Crippen LogP contribution in [0.2, 0.25) is 0 Å². The first kappa shape index (κ1) is 25.2. The molecule has 2 saturated carbocycles. The van der Waals surface area contributed by atoms with E-state index in [0.29, 0.717) is 41.8 Å². The van der Waals surface area contributed by atoms with Crippen LogP contribution >= 0.6 is 23.2 Å². The lowest BCUT2D eigenvalue weighted by atomic mass is 10.0. The van der Waals surface area contributed by atoms with E-state index in [4.69, 9.17) is 23.2 Å². The molecule has 0 radical (unpaired) electrons. The van der Waals surface area contributed by atoms with Crippen molar-refractivity contribution >= 4 is 51.7 Å². The highest BCUT2D eigenvalue weighted by atomic mass is 35.5. The number of nitrogens with one attached hydrogen (secondary N) is 1. The van der Waals surface area contributed by atoms with Gasteiger partial charge in [0.2, 0.25) is 11.8 Å². The predicted molar refractivity (Wildman–Crippen MR) is 143 cm³/mol. The van der Waals surface area contributed by atoms with E-state index in [9.17, 15) is 14.4 Å². The van der Waals surface area contributed by atoms with Crippen LogP contribution < -0.4 is 5.32 Å². The van der Waals surface area contributed by atoms with Crippen LogP contribution in [0.25, 0.3) is 22.0 Å². The van der Waals surface area contributed by atoms with Crippen LogP contribution in [0.5, 0.6) is 0 Å². The number of hydrogen-bond donors (Lipinski definition) is 1. The zero-order chi connectivity index (χ0) is 27.0. The van der Waals surface area contributed by atoms with Crippen molar-refractivity contribution in [2.75, 3.05) is 6.54 Å². The van der Waals surface area contributed by atoms with Gasteiger partial charge in [0.1, 0.15) is 28.4 Å². The Morgan fingerprint density at radius 1 is 1.11 bits per heavy atom. The molecule has 1 unspecified atom stereocenters. The molecule has 9 nitrogen and oxygen atoms in total. The molecule has 3 fully saturated rings. The zero-order valence-electron chi connectivity index (χ0n) is 21.4. The molecule has 38 heavy (non-hydrogen) atoms. The van der Waals surface area contributed by atoms with Gasteiger partial charge in [-0.15, -0.1) is 23.2 Å². The molecule has 6 rings (SSSR count). The number of aromatic nitrogens is 4. The van der Waals surface area contributed by atoms with Crippen molar-refractivity contribution in [3.05, 3.63) is 42.1 Å². The summed E-state index contributed by atoms with van der Waals surface area (Å²) in [6, 6.07) is 5.11. The summed E-state index contributed by atoms with van der Waals surface area (Å²) in [5.74, 6) is 0.138. The van der Waals surface area contributed by atoms with Crippen LogP contribution in [0.15, 0.2) is 30.6 Å². The molecule has 1 N–H and O–H groups in total. The summed E-state index contributed by atoms with van der Waals surface area (Å²) in [7, 11) is 0. The molecule has 0 spiro atoms. The molecule has 1 aliphatic heterocycles. The number of nitrogens with zero attached hydrogens (tertiary/aromatic N) is 5. The van der Waals surface area contributed by atoms with E-state index in [1.54, 1.807) is 22.0 Å². The fraction of sp³-hybridized carbons (Fsp3) is 0.481. The number of carbonyl (C=O) groups is 3. The summed E-state index contributed by atoms with van der Waals surface area (Å²) in [5, 5.41) is 8.12. The summed E-state index contributed by atoms with van der Waals surface area (Å²) in [5.41, 5.74) is 2.59. The smallest absolute Gasteiger partial charge is 0.245 e. The van der Waals surface area contributed by atoms with Crippen LogP contribution in [0.3, 0.4) is 0 Å². The van der Waals surface area contributed by atoms with Gasteiger partial charge in [-0.1, -0.05) is 13.0 Å². The largest absolute Gasteiger partial charge is 0.354 e. The third-order valence-corrected chi connectivity index (χ3v) is 9.11. The highest BCUT2D eigenvalue weighted by Gasteiger charge is 2.64. The number of piperidine rings is 1. The average Bonchev–Trinajstić information content (AvgIpc) is 3.60. The second-order valence-electron chi connectivity index (χ2n) is 11.1. The van der Waals surface area contributed by atoms with Gasteiger partial charge >= 0.3 is 0 Å². The van der Waals surface area contributed by atoms with Crippen molar-refractivity contribution in [1.29, 1.82) is 0 Å². The molecular formula is C27H28Cl2N6O3. The number of aryl methyl sites for hydroxylation is 1. The molecule has 2 aromatic heterocycles. The lowest BCUT2D eigenvalue weighted by Gasteiger charge is -2.27. The number of ketones is 1. The average molecular weight is 555 g/mol. The highest BCUT2D eigenvalue weighted by Crippen LogP contribution is 2.59. The Morgan fingerprint density at radius 2 is 1.82 bits per heavy atom. The highest BCUT2D eigenvalue weighted by molar-refractivity contribution is 6.50. The number of alkyl halides is 2. The molecule has 1 saturated heterocycles. The van der Waals surface area contributed by atoms with E-state index in [2.05, 4.69) is 27.3 Å². The Labute approximate surface area is 229 Å². The van der Waals surface area contributed by atoms with Gasteiger partial charge in [0.05, 0.1) is 5.52 Å². The van der Waals surface area contributed by atoms with Gasteiger partial charge in [-0.25, -0.2) is 9.97 Å². The fourth-order valence-electron chi connectivity index (χ4n) is 5.68. The number of carbonyl (C=O) groups excluding carboxylic acids is 3. The zero-order valence-corrected chi connectivity index (χ0v) is 22.9. The quantitative estimate of drug-likeness (QED) is 0.352. The van der Waals surface area contributed by atoms with Gasteiger partial charge < -0.3 is 10.2 Å². The molecule has 11 heteroatoms. The normalized spacial score (nSPS) is 26.8. The van der Waals surface area contributed by atoms with Crippen molar-refractivity contribution in [3.63, 3.8) is 0 Å². The summed E-state index contributed by atoms with van der Waals surface area (Å²) < 4.78 is 0.796. The molecule has 4 atom stereocenters. The Balaban J connectivity index is 1.25. The number of benzene rings is 1. The lowest BCUT2D eigenvalue weighted by Crippen LogP contribution is -2.49. The van der Waals surface area contributed by atoms with Crippen LogP contribution in [0.1, 0.15) is 49.4 Å². The van der Waals surface area contributed by atoms with Gasteiger partial charge in [-0.3, -0.25) is 19.1 Å². The van der Waals surface area contributed by atoms with E-state index in [-0.39, 0.29) is 41.5 Å². The van der Waals surface area contributed by atoms with E-state index in [1.807, 2.05) is 25.1 Å². The van der Waals surface area contributed by atoms with Crippen molar-refractivity contribution in [2.24, 2.45) is 11.3 Å². The Morgan fingerprint density at radius 3 is 2.47 bits per heavy atom. The van der Waals surface area contributed by atoms with E-state index in [0.717, 1.165) is 17.5 Å². The van der Waals surface area contributed by atoms with E-state index < -0.39 is 10.4 Å². The van der Waals surface area contributed by atoms with Crippen LogP contribution in [0.4, 0.5) is 0 Å². The van der Waals surface area contributed by atoms with Gasteiger partial charge in [0, 0.05) is 48.8 Å². The molecule has 0 bridgehead atoms. The molecule has 3 aliphatic rings. The van der Waals surface area contributed by atoms with Crippen molar-refractivity contribution in [3.8, 4) is 11.1 Å². The van der Waals surface area contributed by atoms with Crippen LogP contribution in [-0.2, 0) is 16.1 Å². The second-order valence-corrected chi connectivity index (χ2v) is 12.7. The minimum absolute atomic E-state index is 0.0223. The molecule has 198 valence electrons. The van der Waals surface area contributed by atoms with Gasteiger partial charge in [-0.2, -0.15) is 5.10 Å². The SMILES string of the molecule is CC(=O)c1nn(CC(=O)N2[C@H](C(=O)NCC3CC3(Cl)Cl)C[C@@]3(C)C[C@@H]23)c2ccc(-c3cnc(C)nc3)cc12. The number of fused-ring (bicyclic) bond motifs is 2. The summed E-state index contributed by atoms with van der Waals surface area (Å²) in [4.78, 5) is 49.4. The Bertz CT molecular complexity index is 1490. The fourth-order valence-corrected chi connectivity index (χ4v) is 6.21. The molecule has 3 heterocycles. The number of likely N-dealkylation sites (tertiary alicyclic amines) is 1. The maximum Gasteiger partial charge on any atom is 0.245 e. The Kier molecular flexibility index (Phi) is 5.81. The first-order valence-corrected chi connectivity index (χ1v) is 13.5. The molecule has 2 amide bonds. The maximum atomic E-state index is 13.6. The van der Waals surface area contributed by atoms with Gasteiger partial charge in [-0.05, 0) is 49.3 Å². The number of Topliss-reactive ketones (excluding diaryl/α,β-unsaturated/α-hetero) is 1. The third-order valence-electron chi connectivity index (χ3n) is 8.19. The van der Waals surface area contributed by atoms with Gasteiger partial charge in [0.15, 0.2) is 5.78 Å². The second kappa shape index (κ2) is 8.74. The first-order valence-electron chi connectivity index (χ1n) is 12.7. The monoisotopic (exact) mass is 554 g/mol. The lowest BCUT2D eigenvalue weighted by molar-refractivity contribution is -0.140. The summed E-state index contributed by atoms with van der Waals surface area (Å²) in [6.45, 7) is 5.72. The molecule has 3 aromatic rings. The molecular weight excluding hydrogens is 527 g/mol. The summed E-state index contributed by atoms with van der Waals surface area (Å²) >= 11 is 12.2. The predicted octanol–water partition coefficient (Wildman–Crippen LogP) is 3.69. The van der Waals surface area contributed by atoms with E-state index >= 15 is 0 Å². The van der Waals surface area contributed by atoms with Crippen molar-refractivity contribution in [1.82, 2.24) is 30.0 Å². The summed E-state index contributed by atoms with van der Waals surface area (Å²) in [6.07, 6.45) is 5.61. The van der Waals surface area contributed by atoms with Crippen molar-refractivity contribution in [2.45, 2.75) is 63.0 Å². The number of hydrogen-bond acceptors (Lipinski definition) is 6. The van der Waals surface area contributed by atoms with Crippen LogP contribution in [0, 0.1) is 18.3 Å². The third kappa shape index (κ3) is 4.35. The van der Waals surface area contributed by atoms with E-state index in [1.165, 1.54) is 6.92 Å². The number of halogens is 2. The Hall–Kier alpha value is -3.04. The van der Waals surface area contributed by atoms with Crippen molar-refractivity contribution < 1.29 is 14.4 Å². The molecule has 1 aromatic carbocycles. The number of amides is 2.